The molecule has 1 atom stereocenters. The molecule has 0 radical (unpaired) electrons. The summed E-state index contributed by atoms with van der Waals surface area (Å²) < 4.78 is 59.8. The fourth-order valence-corrected chi connectivity index (χ4v) is 6.36. The molecule has 0 saturated carbocycles. The van der Waals surface area contributed by atoms with Gasteiger partial charge in [-0.15, -0.1) is 0 Å². The minimum Gasteiger partial charge on any atom is -0.372 e. The van der Waals surface area contributed by atoms with Crippen LogP contribution >= 0.6 is 0 Å². The second-order valence-corrected chi connectivity index (χ2v) is 11.5. The molecule has 1 aliphatic carbocycles. The van der Waals surface area contributed by atoms with Gasteiger partial charge in [0.15, 0.2) is 5.82 Å². The summed E-state index contributed by atoms with van der Waals surface area (Å²) in [5.74, 6) is -1.88. The molecule has 11 heteroatoms. The van der Waals surface area contributed by atoms with E-state index in [2.05, 4.69) is 37.9 Å². The van der Waals surface area contributed by atoms with Crippen molar-refractivity contribution in [2.45, 2.75) is 26.7 Å². The molecule has 39 heavy (non-hydrogen) atoms. The van der Waals surface area contributed by atoms with Crippen molar-refractivity contribution in [1.82, 2.24) is 24.8 Å². The van der Waals surface area contributed by atoms with Crippen LogP contribution in [0, 0.1) is 17.6 Å². The molecule has 0 bridgehead atoms. The lowest BCUT2D eigenvalue weighted by molar-refractivity contribution is 0.279. The Hall–Kier alpha value is -3.57. The van der Waals surface area contributed by atoms with Gasteiger partial charge in [-0.1, -0.05) is 19.9 Å². The van der Waals surface area contributed by atoms with Crippen molar-refractivity contribution in [3.8, 4) is 16.8 Å². The number of rotatable bonds is 8. The van der Waals surface area contributed by atoms with Crippen LogP contribution in [0.3, 0.4) is 0 Å². The van der Waals surface area contributed by atoms with Crippen molar-refractivity contribution >= 4 is 27.9 Å². The number of allylic oxidation sites excluding steroid dienone is 2. The monoisotopic (exact) mass is 554 g/mol. The van der Waals surface area contributed by atoms with Crippen LogP contribution in [0.25, 0.3) is 29.0 Å². The standard InChI is InChI=1S/C28H32F2N6O2S/c1-3-13-39(37,38)34-24-6-5-23(29)28(27(24)30)36-17-22(20-15-32-18-33-16-20)21-14-19(4-2)25(7-8-26(21)36)35-11-9-31-10-12-35/h5-8,14-19,31,34H,3-4,9-13H2,1-2H3. The zero-order chi connectivity index (χ0) is 27.6. The van der Waals surface area contributed by atoms with E-state index >= 15 is 8.78 Å². The Bertz CT molecular complexity index is 1610. The summed E-state index contributed by atoms with van der Waals surface area (Å²) in [4.78, 5) is 10.7. The lowest BCUT2D eigenvalue weighted by Crippen LogP contribution is -2.44. The summed E-state index contributed by atoms with van der Waals surface area (Å²) in [6, 6.07) is 2.19. The first-order valence-corrected chi connectivity index (χ1v) is 14.8. The van der Waals surface area contributed by atoms with Crippen molar-refractivity contribution < 1.29 is 17.2 Å². The fourth-order valence-electron chi connectivity index (χ4n) is 5.23. The molecule has 0 amide bonds. The zero-order valence-electron chi connectivity index (χ0n) is 22.0. The quantitative estimate of drug-likeness (QED) is 0.445. The summed E-state index contributed by atoms with van der Waals surface area (Å²) in [6.45, 7) is 7.35. The molecular formula is C28H32F2N6O2S. The Kier molecular flexibility index (Phi) is 7.81. The number of hydrogen-bond donors (Lipinski definition) is 2. The van der Waals surface area contributed by atoms with Crippen molar-refractivity contribution in [2.75, 3.05) is 36.7 Å². The van der Waals surface area contributed by atoms with Crippen LogP contribution in [0.2, 0.25) is 0 Å². The van der Waals surface area contributed by atoms with Gasteiger partial charge in [-0.25, -0.2) is 27.2 Å². The van der Waals surface area contributed by atoms with Crippen LogP contribution < -0.4 is 20.6 Å². The predicted molar refractivity (Wildman–Crippen MR) is 149 cm³/mol. The van der Waals surface area contributed by atoms with E-state index in [1.165, 1.54) is 10.9 Å². The number of benzene rings is 1. The van der Waals surface area contributed by atoms with Crippen LogP contribution in [0.1, 0.15) is 26.7 Å². The van der Waals surface area contributed by atoms with Gasteiger partial charge in [0.2, 0.25) is 10.0 Å². The van der Waals surface area contributed by atoms with Crippen LogP contribution in [0.5, 0.6) is 0 Å². The number of sulfonamides is 1. The maximum absolute atomic E-state index is 15.9. The molecule has 0 spiro atoms. The highest BCUT2D eigenvalue weighted by atomic mass is 32.2. The highest BCUT2D eigenvalue weighted by molar-refractivity contribution is 7.92. The molecule has 3 heterocycles. The van der Waals surface area contributed by atoms with Gasteiger partial charge in [0.25, 0.3) is 0 Å². The Morgan fingerprint density at radius 2 is 1.85 bits per heavy atom. The second kappa shape index (κ2) is 11.3. The van der Waals surface area contributed by atoms with Gasteiger partial charge in [-0.3, -0.25) is 4.72 Å². The third kappa shape index (κ3) is 5.46. The van der Waals surface area contributed by atoms with E-state index < -0.39 is 21.7 Å². The van der Waals surface area contributed by atoms with Gasteiger partial charge in [-0.2, -0.15) is 0 Å². The molecule has 1 unspecified atom stereocenters. The Balaban J connectivity index is 1.74. The first-order valence-electron chi connectivity index (χ1n) is 13.2. The first-order chi connectivity index (χ1) is 18.8. The van der Waals surface area contributed by atoms with Crippen molar-refractivity contribution in [1.29, 1.82) is 0 Å². The third-order valence-corrected chi connectivity index (χ3v) is 8.56. The van der Waals surface area contributed by atoms with Gasteiger partial charge in [-0.05, 0) is 37.1 Å². The first kappa shape index (κ1) is 27.0. The largest absolute Gasteiger partial charge is 0.372 e. The molecule has 1 aliphatic heterocycles. The normalized spacial score (nSPS) is 17.5. The highest BCUT2D eigenvalue weighted by Gasteiger charge is 2.24. The molecule has 1 fully saturated rings. The van der Waals surface area contributed by atoms with Gasteiger partial charge in [0.1, 0.15) is 17.8 Å². The van der Waals surface area contributed by atoms with Gasteiger partial charge < -0.3 is 14.8 Å². The summed E-state index contributed by atoms with van der Waals surface area (Å²) >= 11 is 0. The van der Waals surface area contributed by atoms with Crippen molar-refractivity contribution in [3.05, 3.63) is 71.0 Å². The lowest BCUT2D eigenvalue weighted by atomic mass is 9.98. The van der Waals surface area contributed by atoms with Gasteiger partial charge in [0, 0.05) is 72.7 Å². The molecule has 206 valence electrons. The summed E-state index contributed by atoms with van der Waals surface area (Å²) in [7, 11) is -3.78. The molecule has 2 aliphatic rings. The fraction of sp³-hybridized carbons (Fsp3) is 0.357. The van der Waals surface area contributed by atoms with Crippen molar-refractivity contribution in [3.63, 3.8) is 0 Å². The maximum atomic E-state index is 15.9. The molecule has 1 aromatic carbocycles. The molecule has 2 N–H and O–H groups in total. The van der Waals surface area contributed by atoms with E-state index in [-0.39, 0.29) is 23.0 Å². The van der Waals surface area contributed by atoms with Crippen LogP contribution in [-0.4, -0.2) is 59.8 Å². The smallest absolute Gasteiger partial charge is 0.232 e. The Morgan fingerprint density at radius 1 is 1.10 bits per heavy atom. The van der Waals surface area contributed by atoms with E-state index in [1.807, 2.05) is 12.2 Å². The molecule has 1 saturated heterocycles. The topological polar surface area (TPSA) is 92.1 Å². The second-order valence-electron chi connectivity index (χ2n) is 9.69. The molecule has 8 nitrogen and oxygen atoms in total. The van der Waals surface area contributed by atoms with Crippen LogP contribution in [0.15, 0.2) is 48.8 Å². The molecule has 2 aromatic heterocycles. The maximum Gasteiger partial charge on any atom is 0.232 e. The number of fused-ring (bicyclic) bond motifs is 1. The Labute approximate surface area is 226 Å². The van der Waals surface area contributed by atoms with Crippen molar-refractivity contribution in [2.24, 2.45) is 5.92 Å². The van der Waals surface area contributed by atoms with E-state index in [4.69, 9.17) is 0 Å². The summed E-state index contributed by atoms with van der Waals surface area (Å²) in [5, 5.41) is 4.78. The van der Waals surface area contributed by atoms with E-state index in [0.29, 0.717) is 17.3 Å². The number of hydrogen-bond acceptors (Lipinski definition) is 6. The molecule has 5 rings (SSSR count). The average molecular weight is 555 g/mol. The minimum atomic E-state index is -3.78. The highest BCUT2D eigenvalue weighted by Crippen LogP contribution is 2.28. The third-order valence-electron chi connectivity index (χ3n) is 7.08. The van der Waals surface area contributed by atoms with E-state index in [1.54, 1.807) is 25.5 Å². The predicted octanol–water partition coefficient (Wildman–Crippen LogP) is 2.75. The lowest BCUT2D eigenvalue weighted by Gasteiger charge is -2.34. The van der Waals surface area contributed by atoms with E-state index in [9.17, 15) is 8.42 Å². The molecular weight excluding hydrogens is 522 g/mol. The van der Waals surface area contributed by atoms with Gasteiger partial charge >= 0.3 is 0 Å². The number of piperazine rings is 1. The summed E-state index contributed by atoms with van der Waals surface area (Å²) in [5.41, 5.74) is 1.93. The molecule has 3 aromatic rings. The Morgan fingerprint density at radius 3 is 2.54 bits per heavy atom. The average Bonchev–Trinajstić information content (AvgIpc) is 3.16. The minimum absolute atomic E-state index is 0.0849. The number of nitrogens with zero attached hydrogens (tertiary/aromatic N) is 4. The van der Waals surface area contributed by atoms with Crippen LogP contribution in [-0.2, 0) is 10.0 Å². The SMILES string of the molecule is CCCS(=O)(=O)Nc1ccc(F)c(-n2cc(-c3cncnc3)c3c2=CC=C(N2CCNCC2)C(CC)C=3)c1F. The summed E-state index contributed by atoms with van der Waals surface area (Å²) in [6.07, 6.45) is 13.7. The van der Waals surface area contributed by atoms with Crippen LogP contribution in [0.4, 0.5) is 14.5 Å². The number of nitrogens with one attached hydrogen (secondary N) is 2. The number of anilines is 1. The van der Waals surface area contributed by atoms with Gasteiger partial charge in [0.05, 0.1) is 16.8 Å². The zero-order valence-corrected chi connectivity index (χ0v) is 22.8. The van der Waals surface area contributed by atoms with E-state index in [0.717, 1.165) is 61.2 Å². The number of halogens is 2. The number of aromatic nitrogens is 3.